The molecule has 0 aromatic carbocycles. The Morgan fingerprint density at radius 3 is 2.52 bits per heavy atom. The van der Waals surface area contributed by atoms with Crippen molar-refractivity contribution in [3.05, 3.63) is 24.2 Å². The summed E-state index contributed by atoms with van der Waals surface area (Å²) < 4.78 is 5.20. The lowest BCUT2D eigenvalue weighted by Gasteiger charge is -2.36. The van der Waals surface area contributed by atoms with E-state index in [0.29, 0.717) is 18.8 Å². The van der Waals surface area contributed by atoms with E-state index in [2.05, 4.69) is 36.0 Å². The van der Waals surface area contributed by atoms with Crippen LogP contribution in [0.15, 0.2) is 27.8 Å². The minimum absolute atomic E-state index is 0. The Balaban J connectivity index is 0.00000312. The van der Waals surface area contributed by atoms with Crippen molar-refractivity contribution in [1.82, 2.24) is 20.0 Å². The molecule has 1 fully saturated rings. The lowest BCUT2D eigenvalue weighted by Crippen LogP contribution is -2.53. The molecule has 7 nitrogen and oxygen atoms in total. The predicted octanol–water partition coefficient (Wildman–Crippen LogP) is 1.57. The van der Waals surface area contributed by atoms with Crippen LogP contribution in [0.4, 0.5) is 0 Å². The second kappa shape index (κ2) is 11.3. The van der Waals surface area contributed by atoms with Crippen molar-refractivity contribution < 1.29 is 9.21 Å². The standard InChI is InChI=1S/C17H29N5O2.HI/c1-4-18-17(19-8-9-20(3)5-2)22-12-10-21(11-13-22)16(23)15-7-6-14-24-15;/h6-7,14H,4-5,8-13H2,1-3H3,(H,18,19);1H. The van der Waals surface area contributed by atoms with Gasteiger partial charge in [-0.2, -0.15) is 0 Å². The minimum Gasteiger partial charge on any atom is -0.459 e. The molecule has 2 rings (SSSR count). The van der Waals surface area contributed by atoms with Gasteiger partial charge in [0.25, 0.3) is 5.91 Å². The number of hydrogen-bond donors (Lipinski definition) is 1. The molecular formula is C17H30IN5O2. The smallest absolute Gasteiger partial charge is 0.289 e. The van der Waals surface area contributed by atoms with E-state index in [1.54, 1.807) is 12.1 Å². The molecule has 1 aliphatic heterocycles. The van der Waals surface area contributed by atoms with Crippen LogP contribution in [-0.4, -0.2) is 86.0 Å². The Hall–Kier alpha value is -1.29. The highest BCUT2D eigenvalue weighted by atomic mass is 127. The third-order valence-corrected chi connectivity index (χ3v) is 4.22. The van der Waals surface area contributed by atoms with E-state index in [0.717, 1.165) is 45.2 Å². The number of guanidine groups is 1. The third-order valence-electron chi connectivity index (χ3n) is 4.22. The van der Waals surface area contributed by atoms with Gasteiger partial charge < -0.3 is 24.4 Å². The van der Waals surface area contributed by atoms with Crippen LogP contribution in [-0.2, 0) is 0 Å². The van der Waals surface area contributed by atoms with Gasteiger partial charge in [-0.15, -0.1) is 24.0 Å². The topological polar surface area (TPSA) is 64.3 Å². The van der Waals surface area contributed by atoms with Gasteiger partial charge in [0.15, 0.2) is 11.7 Å². The van der Waals surface area contributed by atoms with Crippen molar-refractivity contribution in [2.45, 2.75) is 13.8 Å². The van der Waals surface area contributed by atoms with Crippen LogP contribution in [0.2, 0.25) is 0 Å². The molecule has 1 amide bonds. The van der Waals surface area contributed by atoms with Crippen molar-refractivity contribution in [3.63, 3.8) is 0 Å². The minimum atomic E-state index is -0.0360. The molecule has 0 bridgehead atoms. The van der Waals surface area contributed by atoms with Crippen LogP contribution in [0, 0.1) is 0 Å². The number of amides is 1. The van der Waals surface area contributed by atoms with Gasteiger partial charge in [0.1, 0.15) is 0 Å². The van der Waals surface area contributed by atoms with Gasteiger partial charge in [0, 0.05) is 39.3 Å². The van der Waals surface area contributed by atoms with Crippen molar-refractivity contribution in [1.29, 1.82) is 0 Å². The van der Waals surface area contributed by atoms with Gasteiger partial charge in [0.2, 0.25) is 0 Å². The summed E-state index contributed by atoms with van der Waals surface area (Å²) >= 11 is 0. The first kappa shape index (κ1) is 21.8. The summed E-state index contributed by atoms with van der Waals surface area (Å²) in [5, 5.41) is 3.35. The van der Waals surface area contributed by atoms with Gasteiger partial charge in [0.05, 0.1) is 12.8 Å². The number of carbonyl (C=O) groups excluding carboxylic acids is 1. The molecule has 0 spiro atoms. The van der Waals surface area contributed by atoms with Crippen LogP contribution >= 0.6 is 24.0 Å². The Bertz CT molecular complexity index is 527. The van der Waals surface area contributed by atoms with E-state index in [4.69, 9.17) is 9.41 Å². The lowest BCUT2D eigenvalue weighted by atomic mass is 10.3. The fraction of sp³-hybridized carbons (Fsp3) is 0.647. The quantitative estimate of drug-likeness (QED) is 0.394. The summed E-state index contributed by atoms with van der Waals surface area (Å²) in [4.78, 5) is 23.3. The Morgan fingerprint density at radius 2 is 1.96 bits per heavy atom. The predicted molar refractivity (Wildman–Crippen MR) is 111 cm³/mol. The molecule has 1 aliphatic rings. The zero-order valence-electron chi connectivity index (χ0n) is 15.4. The SMILES string of the molecule is CCNC(=NCCN(C)CC)N1CCN(C(=O)c2ccco2)CC1.I. The number of likely N-dealkylation sites (N-methyl/N-ethyl adjacent to an activating group) is 1. The van der Waals surface area contributed by atoms with E-state index in [-0.39, 0.29) is 29.9 Å². The van der Waals surface area contributed by atoms with E-state index < -0.39 is 0 Å². The molecule has 1 aromatic rings. The van der Waals surface area contributed by atoms with E-state index in [1.165, 1.54) is 6.26 Å². The number of furan rings is 1. The first-order valence-electron chi connectivity index (χ1n) is 8.70. The number of hydrogen-bond acceptors (Lipinski definition) is 4. The number of nitrogens with one attached hydrogen (secondary N) is 1. The van der Waals surface area contributed by atoms with Crippen LogP contribution < -0.4 is 5.32 Å². The summed E-state index contributed by atoms with van der Waals surface area (Å²) in [6, 6.07) is 3.46. The van der Waals surface area contributed by atoms with Crippen LogP contribution in [0.5, 0.6) is 0 Å². The molecule has 0 unspecified atom stereocenters. The molecule has 1 aromatic heterocycles. The van der Waals surface area contributed by atoms with Gasteiger partial charge in [-0.25, -0.2) is 0 Å². The van der Waals surface area contributed by atoms with Gasteiger partial charge in [-0.1, -0.05) is 6.92 Å². The second-order valence-electron chi connectivity index (χ2n) is 5.89. The van der Waals surface area contributed by atoms with Crippen LogP contribution in [0.1, 0.15) is 24.4 Å². The molecule has 25 heavy (non-hydrogen) atoms. The molecular weight excluding hydrogens is 433 g/mol. The number of piperazine rings is 1. The highest BCUT2D eigenvalue weighted by molar-refractivity contribution is 14.0. The first-order chi connectivity index (χ1) is 11.7. The van der Waals surface area contributed by atoms with Crippen molar-refractivity contribution in [2.24, 2.45) is 4.99 Å². The summed E-state index contributed by atoms with van der Waals surface area (Å²) in [5.41, 5.74) is 0. The maximum Gasteiger partial charge on any atom is 0.289 e. The molecule has 2 heterocycles. The van der Waals surface area contributed by atoms with Crippen LogP contribution in [0.25, 0.3) is 0 Å². The lowest BCUT2D eigenvalue weighted by molar-refractivity contribution is 0.0657. The molecule has 1 N–H and O–H groups in total. The number of carbonyl (C=O) groups is 1. The molecule has 0 aliphatic carbocycles. The third kappa shape index (κ3) is 6.50. The van der Waals surface area contributed by atoms with Crippen molar-refractivity contribution >= 4 is 35.8 Å². The highest BCUT2D eigenvalue weighted by Gasteiger charge is 2.25. The molecule has 0 radical (unpaired) electrons. The normalized spacial score (nSPS) is 15.3. The largest absolute Gasteiger partial charge is 0.459 e. The Morgan fingerprint density at radius 1 is 1.28 bits per heavy atom. The summed E-state index contributed by atoms with van der Waals surface area (Å²) in [6.07, 6.45) is 1.53. The van der Waals surface area contributed by atoms with E-state index >= 15 is 0 Å². The molecule has 142 valence electrons. The number of halogens is 1. The number of nitrogens with zero attached hydrogens (tertiary/aromatic N) is 4. The van der Waals surface area contributed by atoms with E-state index in [1.807, 2.05) is 4.90 Å². The highest BCUT2D eigenvalue weighted by Crippen LogP contribution is 2.09. The molecule has 0 atom stereocenters. The summed E-state index contributed by atoms with van der Waals surface area (Å²) in [6.45, 7) is 10.7. The maximum atomic E-state index is 12.3. The monoisotopic (exact) mass is 463 g/mol. The van der Waals surface area contributed by atoms with Gasteiger partial charge in [-0.05, 0) is 32.6 Å². The average Bonchev–Trinajstić information content (AvgIpc) is 3.15. The molecule has 8 heteroatoms. The molecule has 1 saturated heterocycles. The average molecular weight is 463 g/mol. The van der Waals surface area contributed by atoms with E-state index in [9.17, 15) is 4.79 Å². The zero-order valence-corrected chi connectivity index (χ0v) is 17.7. The summed E-state index contributed by atoms with van der Waals surface area (Å²) in [5.74, 6) is 1.31. The number of rotatable bonds is 6. The first-order valence-corrected chi connectivity index (χ1v) is 8.70. The fourth-order valence-corrected chi connectivity index (χ4v) is 2.59. The van der Waals surface area contributed by atoms with Gasteiger partial charge in [-0.3, -0.25) is 9.79 Å². The molecule has 0 saturated carbocycles. The van der Waals surface area contributed by atoms with Crippen LogP contribution in [0.3, 0.4) is 0 Å². The fourth-order valence-electron chi connectivity index (χ4n) is 2.59. The Labute approximate surface area is 167 Å². The number of aliphatic imine (C=N–C) groups is 1. The maximum absolute atomic E-state index is 12.3. The summed E-state index contributed by atoms with van der Waals surface area (Å²) in [7, 11) is 2.10. The zero-order chi connectivity index (χ0) is 17.4. The second-order valence-corrected chi connectivity index (χ2v) is 5.89. The van der Waals surface area contributed by atoms with Gasteiger partial charge >= 0.3 is 0 Å². The van der Waals surface area contributed by atoms with Crippen molar-refractivity contribution in [3.8, 4) is 0 Å². The Kier molecular flexibility index (Phi) is 9.88. The van der Waals surface area contributed by atoms with Crippen molar-refractivity contribution in [2.75, 3.05) is 59.4 Å².